The summed E-state index contributed by atoms with van der Waals surface area (Å²) >= 11 is 0. The average Bonchev–Trinajstić information content (AvgIpc) is 2.93. The highest BCUT2D eigenvalue weighted by Crippen LogP contribution is 2.47. The van der Waals surface area contributed by atoms with E-state index in [2.05, 4.69) is 16.1 Å². The lowest BCUT2D eigenvalue weighted by molar-refractivity contribution is -0.140. The van der Waals surface area contributed by atoms with E-state index in [0.29, 0.717) is 19.4 Å². The van der Waals surface area contributed by atoms with Crippen LogP contribution in [-0.2, 0) is 9.53 Å². The Kier molecular flexibility index (Phi) is 3.90. The Bertz CT molecular complexity index is 241. The molecule has 4 nitrogen and oxygen atoms in total. The van der Waals surface area contributed by atoms with Crippen LogP contribution in [0.3, 0.4) is 0 Å². The molecule has 1 fully saturated rings. The van der Waals surface area contributed by atoms with Gasteiger partial charge in [-0.2, -0.15) is 5.26 Å². The maximum atomic E-state index is 10.8. The van der Waals surface area contributed by atoms with Crippen molar-refractivity contribution in [3.8, 4) is 6.07 Å². The molecule has 0 unspecified atom stereocenters. The van der Waals surface area contributed by atoms with Gasteiger partial charge in [0.2, 0.25) is 0 Å². The Morgan fingerprint density at radius 3 is 2.86 bits per heavy atom. The van der Waals surface area contributed by atoms with Gasteiger partial charge >= 0.3 is 5.97 Å². The number of nitriles is 1. The van der Waals surface area contributed by atoms with Gasteiger partial charge < -0.3 is 10.1 Å². The molecule has 0 spiro atoms. The summed E-state index contributed by atoms with van der Waals surface area (Å²) in [5, 5.41) is 11.8. The predicted molar refractivity (Wildman–Crippen MR) is 51.4 cm³/mol. The molecule has 0 aromatic rings. The molecule has 0 aromatic heterocycles. The number of hydrogen-bond donors (Lipinski definition) is 1. The molecule has 0 aromatic carbocycles. The highest BCUT2D eigenvalue weighted by atomic mass is 16.5. The zero-order chi connectivity index (χ0) is 10.4. The van der Waals surface area contributed by atoms with E-state index in [-0.39, 0.29) is 11.4 Å². The van der Waals surface area contributed by atoms with Crippen LogP contribution < -0.4 is 5.32 Å². The first-order valence-electron chi connectivity index (χ1n) is 4.87. The van der Waals surface area contributed by atoms with Gasteiger partial charge in [0.05, 0.1) is 19.6 Å². The smallest absolute Gasteiger partial charge is 0.306 e. The Balaban J connectivity index is 2.05. The Labute approximate surface area is 84.2 Å². The van der Waals surface area contributed by atoms with Crippen LogP contribution in [0.4, 0.5) is 0 Å². The first kappa shape index (κ1) is 11.0. The van der Waals surface area contributed by atoms with Gasteiger partial charge in [-0.05, 0) is 18.3 Å². The molecule has 1 aliphatic rings. The Hall–Kier alpha value is -1.08. The van der Waals surface area contributed by atoms with Gasteiger partial charge in [0.25, 0.3) is 0 Å². The van der Waals surface area contributed by atoms with Crippen LogP contribution in [0.15, 0.2) is 0 Å². The number of carbonyl (C=O) groups is 1. The number of ether oxygens (including phenoxy) is 1. The lowest BCUT2D eigenvalue weighted by Crippen LogP contribution is -2.26. The van der Waals surface area contributed by atoms with E-state index >= 15 is 0 Å². The fraction of sp³-hybridized carbons (Fsp3) is 0.800. The first-order valence-corrected chi connectivity index (χ1v) is 4.87. The summed E-state index contributed by atoms with van der Waals surface area (Å²) in [6, 6.07) is 2.20. The highest BCUT2D eigenvalue weighted by Gasteiger charge is 2.41. The van der Waals surface area contributed by atoms with Crippen LogP contribution >= 0.6 is 0 Å². The molecule has 0 atom stereocenters. The molecule has 0 saturated heterocycles. The number of nitrogens with one attached hydrogen (secondary N) is 1. The van der Waals surface area contributed by atoms with Crippen LogP contribution in [0, 0.1) is 16.7 Å². The molecule has 78 valence electrons. The third kappa shape index (κ3) is 3.35. The summed E-state index contributed by atoms with van der Waals surface area (Å²) in [5.41, 5.74) is 0.213. The molecule has 0 bridgehead atoms. The molecule has 1 N–H and O–H groups in total. The summed E-state index contributed by atoms with van der Waals surface area (Å²) in [6.45, 7) is 1.48. The fourth-order valence-electron chi connectivity index (χ4n) is 1.41. The largest absolute Gasteiger partial charge is 0.469 e. The minimum absolute atomic E-state index is 0.192. The number of esters is 1. The van der Waals surface area contributed by atoms with Crippen molar-refractivity contribution >= 4 is 5.97 Å². The lowest BCUT2D eigenvalue weighted by atomic mass is 10.0. The van der Waals surface area contributed by atoms with Crippen molar-refractivity contribution in [3.63, 3.8) is 0 Å². The van der Waals surface area contributed by atoms with E-state index in [4.69, 9.17) is 5.26 Å². The average molecular weight is 196 g/mol. The van der Waals surface area contributed by atoms with Crippen LogP contribution in [0.2, 0.25) is 0 Å². The third-order valence-corrected chi connectivity index (χ3v) is 2.64. The van der Waals surface area contributed by atoms with Crippen LogP contribution in [0.25, 0.3) is 0 Å². The van der Waals surface area contributed by atoms with Gasteiger partial charge in [0.1, 0.15) is 0 Å². The molecule has 1 rings (SSSR count). The second kappa shape index (κ2) is 4.97. The van der Waals surface area contributed by atoms with Gasteiger partial charge in [-0.15, -0.1) is 0 Å². The number of carbonyl (C=O) groups excluding carboxylic acids is 1. The summed E-state index contributed by atoms with van der Waals surface area (Å²) in [7, 11) is 1.39. The van der Waals surface area contributed by atoms with Crippen molar-refractivity contribution in [1.82, 2.24) is 5.32 Å². The minimum Gasteiger partial charge on any atom is -0.469 e. The van der Waals surface area contributed by atoms with E-state index in [1.165, 1.54) is 7.11 Å². The quantitative estimate of drug-likeness (QED) is 0.505. The zero-order valence-corrected chi connectivity index (χ0v) is 8.51. The molecule has 0 aliphatic heterocycles. The summed E-state index contributed by atoms with van der Waals surface area (Å²) in [5.74, 6) is -0.192. The molecule has 4 heteroatoms. The molecule has 0 heterocycles. The molecular formula is C10H16N2O2. The molecule has 1 aliphatic carbocycles. The number of rotatable bonds is 6. The molecular weight excluding hydrogens is 180 g/mol. The summed E-state index contributed by atoms with van der Waals surface area (Å²) in [4.78, 5) is 10.8. The molecule has 1 saturated carbocycles. The SMILES string of the molecule is COC(=O)CCNCC1(CC#N)CC1. The normalized spacial score (nSPS) is 17.1. The van der Waals surface area contributed by atoms with Gasteiger partial charge in [0.15, 0.2) is 0 Å². The van der Waals surface area contributed by atoms with Crippen molar-refractivity contribution in [2.75, 3.05) is 20.2 Å². The van der Waals surface area contributed by atoms with Crippen molar-refractivity contribution < 1.29 is 9.53 Å². The van der Waals surface area contributed by atoms with Crippen molar-refractivity contribution in [2.45, 2.75) is 25.7 Å². The fourth-order valence-corrected chi connectivity index (χ4v) is 1.41. The maximum absolute atomic E-state index is 10.8. The second-order valence-electron chi connectivity index (χ2n) is 3.84. The van der Waals surface area contributed by atoms with Crippen LogP contribution in [-0.4, -0.2) is 26.2 Å². The van der Waals surface area contributed by atoms with E-state index < -0.39 is 0 Å². The number of nitrogens with zero attached hydrogens (tertiary/aromatic N) is 1. The molecule has 0 radical (unpaired) electrons. The van der Waals surface area contributed by atoms with Gasteiger partial charge in [-0.25, -0.2) is 0 Å². The molecule has 0 amide bonds. The van der Waals surface area contributed by atoms with E-state index in [0.717, 1.165) is 19.4 Å². The zero-order valence-electron chi connectivity index (χ0n) is 8.51. The second-order valence-corrected chi connectivity index (χ2v) is 3.84. The number of hydrogen-bond acceptors (Lipinski definition) is 4. The van der Waals surface area contributed by atoms with E-state index in [9.17, 15) is 4.79 Å². The predicted octanol–water partition coefficient (Wildman–Crippen LogP) is 0.833. The van der Waals surface area contributed by atoms with Gasteiger partial charge in [-0.1, -0.05) is 0 Å². The Morgan fingerprint density at radius 2 is 2.36 bits per heavy atom. The minimum atomic E-state index is -0.192. The number of methoxy groups -OCH3 is 1. The third-order valence-electron chi connectivity index (χ3n) is 2.64. The van der Waals surface area contributed by atoms with Crippen molar-refractivity contribution in [1.29, 1.82) is 5.26 Å². The topological polar surface area (TPSA) is 62.1 Å². The van der Waals surface area contributed by atoms with Gasteiger partial charge in [-0.3, -0.25) is 4.79 Å². The Morgan fingerprint density at radius 1 is 1.64 bits per heavy atom. The summed E-state index contributed by atoms with van der Waals surface area (Å²) in [6.07, 6.45) is 3.29. The van der Waals surface area contributed by atoms with Crippen LogP contribution in [0.1, 0.15) is 25.7 Å². The van der Waals surface area contributed by atoms with Crippen molar-refractivity contribution in [3.05, 3.63) is 0 Å². The molecule has 14 heavy (non-hydrogen) atoms. The highest BCUT2D eigenvalue weighted by molar-refractivity contribution is 5.69. The van der Waals surface area contributed by atoms with Crippen LogP contribution in [0.5, 0.6) is 0 Å². The monoisotopic (exact) mass is 196 g/mol. The van der Waals surface area contributed by atoms with E-state index in [1.54, 1.807) is 0 Å². The van der Waals surface area contributed by atoms with Gasteiger partial charge in [0, 0.05) is 19.5 Å². The standard InChI is InChI=1S/C10H16N2O2/c1-14-9(13)2-7-12-8-10(3-4-10)5-6-11/h12H,2-5,7-8H2,1H3. The maximum Gasteiger partial charge on any atom is 0.306 e. The first-order chi connectivity index (χ1) is 6.72. The van der Waals surface area contributed by atoms with Crippen molar-refractivity contribution in [2.24, 2.45) is 5.41 Å². The van der Waals surface area contributed by atoms with E-state index in [1.807, 2.05) is 0 Å². The lowest BCUT2D eigenvalue weighted by Gasteiger charge is -2.11. The summed E-state index contributed by atoms with van der Waals surface area (Å²) < 4.78 is 4.51.